The van der Waals surface area contributed by atoms with E-state index in [0.717, 1.165) is 15.7 Å². The number of carbonyl (C=O) groups excluding carboxylic acids is 2. The average Bonchev–Trinajstić information content (AvgIpc) is 2.56. The number of amides is 2. The summed E-state index contributed by atoms with van der Waals surface area (Å²) in [5, 5.41) is 2.83. The van der Waals surface area contributed by atoms with Gasteiger partial charge < -0.3 is 15.1 Å². The summed E-state index contributed by atoms with van der Waals surface area (Å²) in [4.78, 5) is 32.1. The van der Waals surface area contributed by atoms with Gasteiger partial charge in [-0.3, -0.25) is 9.59 Å². The predicted octanol–water partition coefficient (Wildman–Crippen LogP) is 2.93. The zero-order valence-corrected chi connectivity index (χ0v) is 16.3. The van der Waals surface area contributed by atoms with Crippen LogP contribution in [0.1, 0.15) is 15.9 Å². The van der Waals surface area contributed by atoms with Crippen LogP contribution < -0.4 is 10.2 Å². The monoisotopic (exact) mass is 404 g/mol. The zero-order valence-electron chi connectivity index (χ0n) is 14.7. The molecule has 2 rings (SSSR count). The van der Waals surface area contributed by atoms with Gasteiger partial charge in [-0.05, 0) is 42.8 Å². The molecule has 0 aliphatic heterocycles. The van der Waals surface area contributed by atoms with Crippen molar-refractivity contribution >= 4 is 39.2 Å². The normalized spacial score (nSPS) is 10.3. The maximum Gasteiger partial charge on any atom is 0.254 e. The Morgan fingerprint density at radius 2 is 1.88 bits per heavy atom. The maximum absolute atomic E-state index is 12.5. The van der Waals surface area contributed by atoms with E-state index < -0.39 is 0 Å². The SMILES string of the molecule is Cc1cc(Br)ccc1NC(=O)CN(C)C(=O)c1ccnc(N(C)C)c1. The lowest BCUT2D eigenvalue weighted by molar-refractivity contribution is -0.116. The number of anilines is 2. The lowest BCUT2D eigenvalue weighted by atomic mass is 10.2. The number of carbonyl (C=O) groups is 2. The summed E-state index contributed by atoms with van der Waals surface area (Å²) in [7, 11) is 5.31. The Morgan fingerprint density at radius 3 is 2.52 bits per heavy atom. The average molecular weight is 405 g/mol. The number of aromatic nitrogens is 1. The van der Waals surface area contributed by atoms with Crippen molar-refractivity contribution in [2.45, 2.75) is 6.92 Å². The van der Waals surface area contributed by atoms with E-state index in [1.807, 2.05) is 44.1 Å². The number of halogens is 1. The van der Waals surface area contributed by atoms with Gasteiger partial charge in [-0.2, -0.15) is 0 Å². The van der Waals surface area contributed by atoms with Crippen LogP contribution in [0, 0.1) is 6.92 Å². The standard InChI is InChI=1S/C18H21BrN4O2/c1-12-9-14(19)5-6-15(12)21-17(24)11-23(4)18(25)13-7-8-20-16(10-13)22(2)3/h5-10H,11H2,1-4H3,(H,21,24). The van der Waals surface area contributed by atoms with Crippen molar-refractivity contribution in [1.82, 2.24) is 9.88 Å². The molecule has 0 radical (unpaired) electrons. The maximum atomic E-state index is 12.5. The zero-order chi connectivity index (χ0) is 18.6. The first-order chi connectivity index (χ1) is 11.8. The molecule has 0 atom stereocenters. The highest BCUT2D eigenvalue weighted by atomic mass is 79.9. The topological polar surface area (TPSA) is 65.5 Å². The Hall–Kier alpha value is -2.41. The minimum Gasteiger partial charge on any atom is -0.363 e. The summed E-state index contributed by atoms with van der Waals surface area (Å²) in [6.45, 7) is 1.88. The van der Waals surface area contributed by atoms with Crippen molar-refractivity contribution in [1.29, 1.82) is 0 Å². The molecule has 0 saturated heterocycles. The molecule has 1 heterocycles. The van der Waals surface area contributed by atoms with Crippen LogP contribution in [0.4, 0.5) is 11.5 Å². The van der Waals surface area contributed by atoms with E-state index in [9.17, 15) is 9.59 Å². The summed E-state index contributed by atoms with van der Waals surface area (Å²) in [6, 6.07) is 8.95. The van der Waals surface area contributed by atoms with E-state index in [1.165, 1.54) is 4.90 Å². The molecule has 0 spiro atoms. The van der Waals surface area contributed by atoms with Gasteiger partial charge in [0, 0.05) is 43.1 Å². The van der Waals surface area contributed by atoms with Crippen molar-refractivity contribution in [3.8, 4) is 0 Å². The smallest absolute Gasteiger partial charge is 0.254 e. The van der Waals surface area contributed by atoms with E-state index in [-0.39, 0.29) is 18.4 Å². The van der Waals surface area contributed by atoms with Gasteiger partial charge in [0.2, 0.25) is 5.91 Å². The van der Waals surface area contributed by atoms with Crippen LogP contribution in [0.3, 0.4) is 0 Å². The molecule has 0 bridgehead atoms. The lowest BCUT2D eigenvalue weighted by Crippen LogP contribution is -2.35. The number of hydrogen-bond acceptors (Lipinski definition) is 4. The second kappa shape index (κ2) is 8.11. The molecule has 132 valence electrons. The molecule has 1 aromatic carbocycles. The number of rotatable bonds is 5. The van der Waals surface area contributed by atoms with Crippen LogP contribution in [0.2, 0.25) is 0 Å². The van der Waals surface area contributed by atoms with Crippen molar-refractivity contribution < 1.29 is 9.59 Å². The third-order valence-electron chi connectivity index (χ3n) is 3.64. The Morgan fingerprint density at radius 1 is 1.16 bits per heavy atom. The number of benzene rings is 1. The molecule has 1 N–H and O–H groups in total. The quantitative estimate of drug-likeness (QED) is 0.831. The van der Waals surface area contributed by atoms with E-state index >= 15 is 0 Å². The highest BCUT2D eigenvalue weighted by molar-refractivity contribution is 9.10. The van der Waals surface area contributed by atoms with Crippen LogP contribution in [0.15, 0.2) is 41.0 Å². The van der Waals surface area contributed by atoms with Gasteiger partial charge in [-0.15, -0.1) is 0 Å². The van der Waals surface area contributed by atoms with Gasteiger partial charge in [0.25, 0.3) is 5.91 Å². The molecule has 0 aliphatic carbocycles. The van der Waals surface area contributed by atoms with Gasteiger partial charge in [0.1, 0.15) is 5.82 Å². The van der Waals surface area contributed by atoms with Crippen LogP contribution in [-0.4, -0.2) is 49.4 Å². The van der Waals surface area contributed by atoms with Crippen molar-refractivity contribution in [3.05, 3.63) is 52.1 Å². The number of likely N-dealkylation sites (N-methyl/N-ethyl adjacent to an activating group) is 1. The summed E-state index contributed by atoms with van der Waals surface area (Å²) in [5.74, 6) is 0.213. The molecule has 0 fully saturated rings. The molecule has 1 aromatic heterocycles. The molecule has 2 aromatic rings. The molecule has 0 aliphatic rings. The van der Waals surface area contributed by atoms with E-state index in [2.05, 4.69) is 26.2 Å². The van der Waals surface area contributed by atoms with E-state index in [4.69, 9.17) is 0 Å². The molecule has 0 saturated carbocycles. The Kier molecular flexibility index (Phi) is 6.14. The summed E-state index contributed by atoms with van der Waals surface area (Å²) in [5.41, 5.74) is 2.17. The van der Waals surface area contributed by atoms with Crippen molar-refractivity contribution in [2.24, 2.45) is 0 Å². The number of aryl methyl sites for hydroxylation is 1. The fourth-order valence-electron chi connectivity index (χ4n) is 2.26. The van der Waals surface area contributed by atoms with Gasteiger partial charge in [0.05, 0.1) is 6.54 Å². The molecular weight excluding hydrogens is 384 g/mol. The van der Waals surface area contributed by atoms with Gasteiger partial charge in [-0.25, -0.2) is 4.98 Å². The van der Waals surface area contributed by atoms with Crippen LogP contribution in [0.25, 0.3) is 0 Å². The van der Waals surface area contributed by atoms with Gasteiger partial charge in [-0.1, -0.05) is 15.9 Å². The molecular formula is C18H21BrN4O2. The third kappa shape index (κ3) is 5.03. The molecule has 0 unspecified atom stereocenters. The van der Waals surface area contributed by atoms with Crippen molar-refractivity contribution in [2.75, 3.05) is 37.9 Å². The largest absolute Gasteiger partial charge is 0.363 e. The summed E-state index contributed by atoms with van der Waals surface area (Å²) < 4.78 is 0.949. The first-order valence-corrected chi connectivity index (χ1v) is 8.52. The number of nitrogens with one attached hydrogen (secondary N) is 1. The van der Waals surface area contributed by atoms with Gasteiger partial charge >= 0.3 is 0 Å². The van der Waals surface area contributed by atoms with Crippen molar-refractivity contribution in [3.63, 3.8) is 0 Å². The highest BCUT2D eigenvalue weighted by Crippen LogP contribution is 2.20. The number of hydrogen-bond donors (Lipinski definition) is 1. The molecule has 2 amide bonds. The molecule has 25 heavy (non-hydrogen) atoms. The number of pyridine rings is 1. The Labute approximate surface area is 156 Å². The minimum absolute atomic E-state index is 0.0338. The van der Waals surface area contributed by atoms with Crippen LogP contribution in [0.5, 0.6) is 0 Å². The summed E-state index contributed by atoms with van der Waals surface area (Å²) in [6.07, 6.45) is 1.58. The third-order valence-corrected chi connectivity index (χ3v) is 4.13. The molecule has 7 heteroatoms. The second-order valence-electron chi connectivity index (χ2n) is 5.97. The van der Waals surface area contributed by atoms with E-state index in [0.29, 0.717) is 11.4 Å². The first-order valence-electron chi connectivity index (χ1n) is 7.73. The predicted molar refractivity (Wildman–Crippen MR) is 103 cm³/mol. The highest BCUT2D eigenvalue weighted by Gasteiger charge is 2.16. The fraction of sp³-hybridized carbons (Fsp3) is 0.278. The first kappa shape index (κ1) is 18.9. The Balaban J connectivity index is 2.03. The fourth-order valence-corrected chi connectivity index (χ4v) is 2.74. The second-order valence-corrected chi connectivity index (χ2v) is 6.88. The number of nitrogens with zero attached hydrogens (tertiary/aromatic N) is 3. The molecule has 6 nitrogen and oxygen atoms in total. The minimum atomic E-state index is -0.247. The van der Waals surface area contributed by atoms with Crippen LogP contribution >= 0.6 is 15.9 Å². The lowest BCUT2D eigenvalue weighted by Gasteiger charge is -2.18. The summed E-state index contributed by atoms with van der Waals surface area (Å²) >= 11 is 3.39. The van der Waals surface area contributed by atoms with E-state index in [1.54, 1.807) is 25.4 Å². The van der Waals surface area contributed by atoms with Gasteiger partial charge in [0.15, 0.2) is 0 Å². The van der Waals surface area contributed by atoms with Crippen LogP contribution in [-0.2, 0) is 4.79 Å². The Bertz CT molecular complexity index is 792.